The summed E-state index contributed by atoms with van der Waals surface area (Å²) in [4.78, 5) is 4.49. The lowest BCUT2D eigenvalue weighted by Gasteiger charge is -2.31. The summed E-state index contributed by atoms with van der Waals surface area (Å²) in [6.45, 7) is 7.73. The van der Waals surface area contributed by atoms with Gasteiger partial charge in [-0.05, 0) is 44.4 Å². The number of hydrogen-bond donors (Lipinski definition) is 1. The average molecular weight is 252 g/mol. The molecular formula is C14H24N2S. The molecule has 0 aromatic carbocycles. The molecule has 1 N–H and O–H groups in total. The van der Waals surface area contributed by atoms with Crippen LogP contribution in [0.1, 0.15) is 50.2 Å². The molecule has 1 fully saturated rings. The summed E-state index contributed by atoms with van der Waals surface area (Å²) in [5.41, 5.74) is 1.15. The summed E-state index contributed by atoms with van der Waals surface area (Å²) < 4.78 is 0. The molecule has 3 heteroatoms. The zero-order chi connectivity index (χ0) is 12.3. The second-order valence-corrected chi connectivity index (χ2v) is 6.56. The third kappa shape index (κ3) is 3.78. The van der Waals surface area contributed by atoms with Gasteiger partial charge in [-0.25, -0.2) is 4.98 Å². The molecule has 96 valence electrons. The minimum atomic E-state index is 0.717. The van der Waals surface area contributed by atoms with Crippen LogP contribution in [-0.2, 0) is 6.54 Å². The first-order valence-corrected chi connectivity index (χ1v) is 7.67. The van der Waals surface area contributed by atoms with Gasteiger partial charge in [0.1, 0.15) is 5.01 Å². The van der Waals surface area contributed by atoms with Crippen molar-refractivity contribution in [1.29, 1.82) is 0 Å². The van der Waals surface area contributed by atoms with Crippen LogP contribution in [0.3, 0.4) is 0 Å². The standard InChI is InChI=1S/C14H24N2S/c1-10(2)12-4-6-13(7-5-12)15-8-14-16-11(3)9-17-14/h9-10,12-13,15H,4-8H2,1-3H3. The van der Waals surface area contributed by atoms with E-state index in [9.17, 15) is 0 Å². The predicted octanol–water partition coefficient (Wildman–Crippen LogP) is 3.76. The molecule has 0 radical (unpaired) electrons. The van der Waals surface area contributed by atoms with Crippen LogP contribution in [0.4, 0.5) is 0 Å². The monoisotopic (exact) mass is 252 g/mol. The quantitative estimate of drug-likeness (QED) is 0.882. The van der Waals surface area contributed by atoms with Gasteiger partial charge in [0.15, 0.2) is 0 Å². The highest BCUT2D eigenvalue weighted by Gasteiger charge is 2.22. The zero-order valence-corrected chi connectivity index (χ0v) is 12.0. The molecule has 2 rings (SSSR count). The van der Waals surface area contributed by atoms with Crippen molar-refractivity contribution in [2.75, 3.05) is 0 Å². The minimum absolute atomic E-state index is 0.717. The normalized spacial score (nSPS) is 25.4. The number of aryl methyl sites for hydroxylation is 1. The molecule has 0 amide bonds. The van der Waals surface area contributed by atoms with Gasteiger partial charge in [0.05, 0.1) is 0 Å². The van der Waals surface area contributed by atoms with E-state index < -0.39 is 0 Å². The van der Waals surface area contributed by atoms with Gasteiger partial charge in [0, 0.05) is 23.7 Å². The van der Waals surface area contributed by atoms with E-state index in [1.54, 1.807) is 11.3 Å². The maximum Gasteiger partial charge on any atom is 0.107 e. The second kappa shape index (κ2) is 5.96. The van der Waals surface area contributed by atoms with E-state index in [-0.39, 0.29) is 0 Å². The fourth-order valence-corrected chi connectivity index (χ4v) is 3.43. The van der Waals surface area contributed by atoms with Gasteiger partial charge in [-0.15, -0.1) is 11.3 Å². The zero-order valence-electron chi connectivity index (χ0n) is 11.2. The fourth-order valence-electron chi connectivity index (χ4n) is 2.71. The van der Waals surface area contributed by atoms with Crippen molar-refractivity contribution < 1.29 is 0 Å². The Balaban J connectivity index is 1.71. The molecule has 0 spiro atoms. The molecule has 1 saturated carbocycles. The Morgan fingerprint density at radius 3 is 2.59 bits per heavy atom. The Morgan fingerprint density at radius 1 is 1.35 bits per heavy atom. The van der Waals surface area contributed by atoms with Gasteiger partial charge < -0.3 is 5.32 Å². The van der Waals surface area contributed by atoms with Gasteiger partial charge in [0.25, 0.3) is 0 Å². The molecule has 2 nitrogen and oxygen atoms in total. The first-order chi connectivity index (χ1) is 8.15. The van der Waals surface area contributed by atoms with Gasteiger partial charge in [0.2, 0.25) is 0 Å². The molecule has 0 unspecified atom stereocenters. The van der Waals surface area contributed by atoms with Crippen LogP contribution < -0.4 is 5.32 Å². The van der Waals surface area contributed by atoms with Crippen LogP contribution in [-0.4, -0.2) is 11.0 Å². The Labute approximate surface area is 109 Å². The molecule has 0 aliphatic heterocycles. The van der Waals surface area contributed by atoms with Crippen LogP contribution in [0.25, 0.3) is 0 Å². The Bertz CT molecular complexity index is 338. The predicted molar refractivity (Wildman–Crippen MR) is 74.3 cm³/mol. The van der Waals surface area contributed by atoms with Crippen molar-refractivity contribution in [2.24, 2.45) is 11.8 Å². The number of thiazole rings is 1. The lowest BCUT2D eigenvalue weighted by Crippen LogP contribution is -2.33. The molecule has 0 saturated heterocycles. The van der Waals surface area contributed by atoms with Gasteiger partial charge in [-0.2, -0.15) is 0 Å². The summed E-state index contributed by atoms with van der Waals surface area (Å²) in [5.74, 6) is 1.81. The van der Waals surface area contributed by atoms with Crippen LogP contribution >= 0.6 is 11.3 Å². The van der Waals surface area contributed by atoms with Gasteiger partial charge >= 0.3 is 0 Å². The van der Waals surface area contributed by atoms with Crippen molar-refractivity contribution in [3.8, 4) is 0 Å². The molecule has 1 heterocycles. The SMILES string of the molecule is Cc1csc(CNC2CCC(C(C)C)CC2)n1. The Kier molecular flexibility index (Phi) is 4.57. The van der Waals surface area contributed by atoms with Crippen molar-refractivity contribution in [3.63, 3.8) is 0 Å². The minimum Gasteiger partial charge on any atom is -0.308 e. The highest BCUT2D eigenvalue weighted by atomic mass is 32.1. The van der Waals surface area contributed by atoms with Crippen LogP contribution in [0, 0.1) is 18.8 Å². The van der Waals surface area contributed by atoms with E-state index in [4.69, 9.17) is 0 Å². The van der Waals surface area contributed by atoms with E-state index >= 15 is 0 Å². The number of rotatable bonds is 4. The van der Waals surface area contributed by atoms with E-state index in [2.05, 4.69) is 36.5 Å². The van der Waals surface area contributed by atoms with E-state index in [1.807, 2.05) is 0 Å². The first kappa shape index (κ1) is 13.0. The molecule has 1 aliphatic rings. The van der Waals surface area contributed by atoms with Crippen molar-refractivity contribution >= 4 is 11.3 Å². The fraction of sp³-hybridized carbons (Fsp3) is 0.786. The topological polar surface area (TPSA) is 24.9 Å². The van der Waals surface area contributed by atoms with E-state index in [0.717, 1.165) is 24.1 Å². The van der Waals surface area contributed by atoms with Crippen LogP contribution in [0.2, 0.25) is 0 Å². The molecular weight excluding hydrogens is 228 g/mol. The lowest BCUT2D eigenvalue weighted by molar-refractivity contribution is 0.238. The summed E-state index contributed by atoms with van der Waals surface area (Å²) >= 11 is 1.77. The highest BCUT2D eigenvalue weighted by molar-refractivity contribution is 7.09. The maximum atomic E-state index is 4.49. The molecule has 17 heavy (non-hydrogen) atoms. The Morgan fingerprint density at radius 2 is 2.06 bits per heavy atom. The largest absolute Gasteiger partial charge is 0.308 e. The summed E-state index contributed by atoms with van der Waals surface area (Å²) in [6, 6.07) is 0.717. The number of hydrogen-bond acceptors (Lipinski definition) is 3. The second-order valence-electron chi connectivity index (χ2n) is 5.62. The molecule has 1 aliphatic carbocycles. The lowest BCUT2D eigenvalue weighted by atomic mass is 9.80. The summed E-state index contributed by atoms with van der Waals surface area (Å²) in [6.07, 6.45) is 5.47. The van der Waals surface area contributed by atoms with Crippen molar-refractivity contribution in [1.82, 2.24) is 10.3 Å². The van der Waals surface area contributed by atoms with E-state index in [0.29, 0.717) is 6.04 Å². The number of nitrogens with one attached hydrogen (secondary N) is 1. The summed E-state index contributed by atoms with van der Waals surface area (Å²) in [5, 5.41) is 7.02. The van der Waals surface area contributed by atoms with Gasteiger partial charge in [-0.3, -0.25) is 0 Å². The molecule has 0 atom stereocenters. The summed E-state index contributed by atoms with van der Waals surface area (Å²) in [7, 11) is 0. The highest BCUT2D eigenvalue weighted by Crippen LogP contribution is 2.29. The van der Waals surface area contributed by atoms with Crippen LogP contribution in [0.5, 0.6) is 0 Å². The molecule has 1 aromatic rings. The average Bonchev–Trinajstić information content (AvgIpc) is 2.73. The Hall–Kier alpha value is -0.410. The first-order valence-electron chi connectivity index (χ1n) is 6.79. The van der Waals surface area contributed by atoms with Crippen molar-refractivity contribution in [3.05, 3.63) is 16.1 Å². The van der Waals surface area contributed by atoms with E-state index in [1.165, 1.54) is 30.7 Å². The number of nitrogens with zero attached hydrogens (tertiary/aromatic N) is 1. The third-order valence-electron chi connectivity index (χ3n) is 3.92. The molecule has 0 bridgehead atoms. The van der Waals surface area contributed by atoms with Gasteiger partial charge in [-0.1, -0.05) is 13.8 Å². The smallest absolute Gasteiger partial charge is 0.107 e. The molecule has 1 aromatic heterocycles. The van der Waals surface area contributed by atoms with Crippen LogP contribution in [0.15, 0.2) is 5.38 Å². The maximum absolute atomic E-state index is 4.49. The third-order valence-corrected chi connectivity index (χ3v) is 4.89. The van der Waals surface area contributed by atoms with Crippen molar-refractivity contribution in [2.45, 2.75) is 59.0 Å². The number of aromatic nitrogens is 1.